The van der Waals surface area contributed by atoms with Crippen LogP contribution in [-0.4, -0.2) is 28.1 Å². The third kappa shape index (κ3) is 5.04. The molecule has 0 saturated carbocycles. The molecule has 0 aliphatic rings. The molecule has 0 amide bonds. The van der Waals surface area contributed by atoms with Crippen molar-refractivity contribution in [1.82, 2.24) is 9.78 Å². The van der Waals surface area contributed by atoms with E-state index in [-0.39, 0.29) is 18.1 Å². The van der Waals surface area contributed by atoms with Crippen LogP contribution in [0.25, 0.3) is 16.9 Å². The minimum Gasteiger partial charge on any atom is -0.462 e. The van der Waals surface area contributed by atoms with Crippen molar-refractivity contribution >= 4 is 23.1 Å². The molecule has 0 saturated heterocycles. The Morgan fingerprint density at radius 3 is 2.08 bits per heavy atom. The Labute approximate surface area is 215 Å². The Bertz CT molecular complexity index is 1530. The highest BCUT2D eigenvalue weighted by Crippen LogP contribution is 2.36. The van der Waals surface area contributed by atoms with Crippen molar-refractivity contribution in [1.29, 1.82) is 0 Å². The number of para-hydroxylation sites is 1. The molecule has 37 heavy (non-hydrogen) atoms. The van der Waals surface area contributed by atoms with Crippen molar-refractivity contribution in [3.05, 3.63) is 132 Å². The quantitative estimate of drug-likeness (QED) is 0.195. The molecule has 0 unspecified atom stereocenters. The molecule has 0 spiro atoms. The predicted octanol–water partition coefficient (Wildman–Crippen LogP) is 6.69. The van der Waals surface area contributed by atoms with E-state index in [1.165, 1.54) is 0 Å². The molecule has 4 aromatic carbocycles. The number of ketones is 1. The van der Waals surface area contributed by atoms with Crippen molar-refractivity contribution < 1.29 is 14.3 Å². The zero-order valence-electron chi connectivity index (χ0n) is 20.3. The summed E-state index contributed by atoms with van der Waals surface area (Å²) in [6.45, 7) is 2.05. The first-order valence-corrected chi connectivity index (χ1v) is 12.0. The van der Waals surface area contributed by atoms with Crippen molar-refractivity contribution in [2.24, 2.45) is 0 Å². The first-order chi connectivity index (χ1) is 18.2. The topological polar surface area (TPSA) is 73.2 Å². The lowest BCUT2D eigenvalue weighted by Gasteiger charge is -2.13. The van der Waals surface area contributed by atoms with Gasteiger partial charge in [-0.25, -0.2) is 9.48 Å². The van der Waals surface area contributed by atoms with E-state index in [0.717, 1.165) is 11.3 Å². The Morgan fingerprint density at radius 2 is 1.41 bits per heavy atom. The highest BCUT2D eigenvalue weighted by molar-refractivity contribution is 6.13. The van der Waals surface area contributed by atoms with E-state index in [2.05, 4.69) is 5.32 Å². The molecule has 0 atom stereocenters. The van der Waals surface area contributed by atoms with Crippen LogP contribution in [0.1, 0.15) is 33.3 Å². The summed E-state index contributed by atoms with van der Waals surface area (Å²) in [6, 6.07) is 35.5. The molecule has 5 rings (SSSR count). The van der Waals surface area contributed by atoms with Gasteiger partial charge in [-0.15, -0.1) is 0 Å². The van der Waals surface area contributed by atoms with Crippen LogP contribution < -0.4 is 5.32 Å². The summed E-state index contributed by atoms with van der Waals surface area (Å²) in [5.41, 5.74) is 4.80. The number of ether oxygens (including phenoxy) is 1. The normalized spacial score (nSPS) is 10.6. The maximum absolute atomic E-state index is 13.8. The Kier molecular flexibility index (Phi) is 6.90. The second-order valence-corrected chi connectivity index (χ2v) is 8.31. The fourth-order valence-electron chi connectivity index (χ4n) is 4.12. The van der Waals surface area contributed by atoms with Gasteiger partial charge in [-0.2, -0.15) is 5.10 Å². The largest absolute Gasteiger partial charge is 0.462 e. The zero-order chi connectivity index (χ0) is 25.6. The predicted molar refractivity (Wildman–Crippen MR) is 145 cm³/mol. The molecule has 6 heteroatoms. The van der Waals surface area contributed by atoms with Gasteiger partial charge in [0, 0.05) is 16.8 Å². The van der Waals surface area contributed by atoms with E-state index in [1.807, 2.05) is 84.9 Å². The molecule has 6 nitrogen and oxygen atoms in total. The van der Waals surface area contributed by atoms with Gasteiger partial charge in [-0.3, -0.25) is 4.79 Å². The second kappa shape index (κ2) is 10.7. The smallest absolute Gasteiger partial charge is 0.338 e. The van der Waals surface area contributed by atoms with E-state index >= 15 is 0 Å². The summed E-state index contributed by atoms with van der Waals surface area (Å²) in [6.07, 6.45) is 0. The summed E-state index contributed by atoms with van der Waals surface area (Å²) in [5, 5.41) is 8.27. The zero-order valence-corrected chi connectivity index (χ0v) is 20.3. The van der Waals surface area contributed by atoms with Crippen LogP contribution in [0.2, 0.25) is 0 Å². The van der Waals surface area contributed by atoms with E-state index in [4.69, 9.17) is 9.84 Å². The van der Waals surface area contributed by atoms with Gasteiger partial charge in [0.15, 0.2) is 5.69 Å². The molecule has 0 fully saturated rings. The van der Waals surface area contributed by atoms with Crippen molar-refractivity contribution in [3.8, 4) is 16.9 Å². The molecule has 182 valence electrons. The number of aromatic nitrogens is 2. The SMILES string of the molecule is CCOC(=O)c1cccc(-n2nc(C(=O)c3ccccc3)c(Nc3ccccc3)c2-c2ccccc2)c1. The van der Waals surface area contributed by atoms with Crippen molar-refractivity contribution in [2.45, 2.75) is 6.92 Å². The fraction of sp³-hybridized carbons (Fsp3) is 0.0645. The third-order valence-corrected chi connectivity index (χ3v) is 5.83. The number of esters is 1. The van der Waals surface area contributed by atoms with Crippen LogP contribution in [0.5, 0.6) is 0 Å². The molecule has 5 aromatic rings. The summed E-state index contributed by atoms with van der Waals surface area (Å²) < 4.78 is 6.91. The van der Waals surface area contributed by atoms with Crippen LogP contribution in [0.3, 0.4) is 0 Å². The number of nitrogens with zero attached hydrogens (tertiary/aromatic N) is 2. The number of carbonyl (C=O) groups is 2. The minimum absolute atomic E-state index is 0.212. The van der Waals surface area contributed by atoms with E-state index in [0.29, 0.717) is 28.2 Å². The fourth-order valence-corrected chi connectivity index (χ4v) is 4.12. The summed E-state index contributed by atoms with van der Waals surface area (Å²) in [5.74, 6) is -0.627. The highest BCUT2D eigenvalue weighted by Gasteiger charge is 2.26. The van der Waals surface area contributed by atoms with Gasteiger partial charge in [0.2, 0.25) is 5.78 Å². The average molecular weight is 488 g/mol. The number of carbonyl (C=O) groups excluding carboxylic acids is 2. The van der Waals surface area contributed by atoms with Gasteiger partial charge in [-0.1, -0.05) is 84.9 Å². The van der Waals surface area contributed by atoms with Crippen LogP contribution in [0.4, 0.5) is 11.4 Å². The van der Waals surface area contributed by atoms with Crippen LogP contribution >= 0.6 is 0 Å². The molecule has 1 heterocycles. The average Bonchev–Trinajstić information content (AvgIpc) is 3.33. The number of hydrogen-bond acceptors (Lipinski definition) is 5. The van der Waals surface area contributed by atoms with Crippen LogP contribution in [-0.2, 0) is 4.74 Å². The number of hydrogen-bond donors (Lipinski definition) is 1. The lowest BCUT2D eigenvalue weighted by molar-refractivity contribution is 0.0526. The molecule has 0 aliphatic carbocycles. The van der Waals surface area contributed by atoms with Crippen molar-refractivity contribution in [3.63, 3.8) is 0 Å². The standard InChI is InChI=1S/C31H25N3O3/c1-2-37-31(36)24-17-12-20-26(21-24)34-29(22-13-6-3-7-14-22)27(32-25-18-10-5-11-19-25)28(33-34)30(35)23-15-8-4-9-16-23/h3-21,32H,2H2,1H3. The molecule has 1 N–H and O–H groups in total. The minimum atomic E-state index is -0.416. The number of rotatable bonds is 8. The number of anilines is 2. The second-order valence-electron chi connectivity index (χ2n) is 8.31. The molecule has 0 bridgehead atoms. The maximum atomic E-state index is 13.8. The number of benzene rings is 4. The lowest BCUT2D eigenvalue weighted by atomic mass is 10.0. The molecule has 1 aromatic heterocycles. The summed E-state index contributed by atoms with van der Waals surface area (Å²) in [4.78, 5) is 26.2. The monoisotopic (exact) mass is 487 g/mol. The first kappa shape index (κ1) is 23.8. The first-order valence-electron chi connectivity index (χ1n) is 12.0. The third-order valence-electron chi connectivity index (χ3n) is 5.83. The molecule has 0 radical (unpaired) electrons. The van der Waals surface area contributed by atoms with E-state index in [9.17, 15) is 9.59 Å². The van der Waals surface area contributed by atoms with Gasteiger partial charge < -0.3 is 10.1 Å². The summed E-state index contributed by atoms with van der Waals surface area (Å²) in [7, 11) is 0. The van der Waals surface area contributed by atoms with Gasteiger partial charge in [-0.05, 0) is 37.3 Å². The van der Waals surface area contributed by atoms with Crippen LogP contribution in [0, 0.1) is 0 Å². The van der Waals surface area contributed by atoms with E-state index in [1.54, 1.807) is 41.9 Å². The van der Waals surface area contributed by atoms with E-state index < -0.39 is 5.97 Å². The molecule has 0 aliphatic heterocycles. The highest BCUT2D eigenvalue weighted by atomic mass is 16.5. The van der Waals surface area contributed by atoms with Crippen molar-refractivity contribution in [2.75, 3.05) is 11.9 Å². The van der Waals surface area contributed by atoms with Gasteiger partial charge in [0.25, 0.3) is 0 Å². The Hall–Kier alpha value is -4.97. The Morgan fingerprint density at radius 1 is 0.784 bits per heavy atom. The number of nitrogens with one attached hydrogen (secondary N) is 1. The van der Waals surface area contributed by atoms with Crippen LogP contribution in [0.15, 0.2) is 115 Å². The van der Waals surface area contributed by atoms with Gasteiger partial charge >= 0.3 is 5.97 Å². The summed E-state index contributed by atoms with van der Waals surface area (Å²) >= 11 is 0. The van der Waals surface area contributed by atoms with Gasteiger partial charge in [0.05, 0.1) is 29.2 Å². The van der Waals surface area contributed by atoms with Gasteiger partial charge in [0.1, 0.15) is 0 Å². The maximum Gasteiger partial charge on any atom is 0.338 e. The molecular weight excluding hydrogens is 462 g/mol. The Balaban J connectivity index is 1.75. The molecular formula is C31H25N3O3. The lowest BCUT2D eigenvalue weighted by Crippen LogP contribution is -2.07.